The molecule has 0 radical (unpaired) electrons. The summed E-state index contributed by atoms with van der Waals surface area (Å²) in [4.78, 5) is 14.0. The Morgan fingerprint density at radius 2 is 2.35 bits per heavy atom. The van der Waals surface area contributed by atoms with Gasteiger partial charge in [-0.1, -0.05) is 11.6 Å². The maximum atomic E-state index is 12.1. The number of carbonyl (C=O) groups excluding carboxylic acids is 1. The molecule has 20 heavy (non-hydrogen) atoms. The molecular formula is C15H21ClN2O2. The van der Waals surface area contributed by atoms with Gasteiger partial charge in [0.2, 0.25) is 0 Å². The van der Waals surface area contributed by atoms with Crippen LogP contribution >= 0.6 is 11.6 Å². The number of halogens is 1. The molecule has 4 nitrogen and oxygen atoms in total. The lowest BCUT2D eigenvalue weighted by atomic mass is 10.1. The first-order valence-corrected chi connectivity index (χ1v) is 7.29. The molecule has 110 valence electrons. The largest absolute Gasteiger partial charge is 0.484 e. The number of hydrogen-bond acceptors (Lipinski definition) is 3. The summed E-state index contributed by atoms with van der Waals surface area (Å²) in [5, 5.41) is 3.86. The van der Waals surface area contributed by atoms with Crippen molar-refractivity contribution >= 4 is 17.5 Å². The predicted molar refractivity (Wildman–Crippen MR) is 80.3 cm³/mol. The maximum absolute atomic E-state index is 12.1. The van der Waals surface area contributed by atoms with Crippen LogP contribution in [0.25, 0.3) is 0 Å². The molecule has 0 spiro atoms. The van der Waals surface area contributed by atoms with Crippen molar-refractivity contribution in [3.63, 3.8) is 0 Å². The molecule has 0 aromatic heterocycles. The fourth-order valence-electron chi connectivity index (χ4n) is 2.46. The number of hydrogen-bond donors (Lipinski definition) is 1. The van der Waals surface area contributed by atoms with E-state index in [1.54, 1.807) is 12.1 Å². The highest BCUT2D eigenvalue weighted by atomic mass is 35.5. The molecule has 1 aromatic rings. The van der Waals surface area contributed by atoms with Gasteiger partial charge in [0, 0.05) is 18.1 Å². The molecule has 1 fully saturated rings. The average molecular weight is 297 g/mol. The molecule has 1 saturated heterocycles. The van der Waals surface area contributed by atoms with Crippen LogP contribution in [0.1, 0.15) is 12.0 Å². The topological polar surface area (TPSA) is 41.6 Å². The van der Waals surface area contributed by atoms with Crippen LogP contribution in [0.4, 0.5) is 0 Å². The van der Waals surface area contributed by atoms with Crippen molar-refractivity contribution in [2.45, 2.75) is 13.3 Å². The number of amides is 1. The molecule has 0 aliphatic carbocycles. The summed E-state index contributed by atoms with van der Waals surface area (Å²) in [6.07, 6.45) is 1.06. The van der Waals surface area contributed by atoms with E-state index in [-0.39, 0.29) is 12.5 Å². The molecule has 1 aromatic carbocycles. The zero-order valence-electron chi connectivity index (χ0n) is 12.0. The van der Waals surface area contributed by atoms with Crippen molar-refractivity contribution in [2.75, 3.05) is 33.3 Å². The molecule has 2 rings (SSSR count). The van der Waals surface area contributed by atoms with Gasteiger partial charge < -0.3 is 15.0 Å². The second-order valence-corrected chi connectivity index (χ2v) is 5.66. The van der Waals surface area contributed by atoms with E-state index >= 15 is 0 Å². The number of aryl methyl sites for hydroxylation is 1. The first kappa shape index (κ1) is 15.1. The number of carbonyl (C=O) groups is 1. The Balaban J connectivity index is 1.82. The van der Waals surface area contributed by atoms with Gasteiger partial charge in [0.1, 0.15) is 5.75 Å². The minimum atomic E-state index is 0.0520. The molecule has 1 atom stereocenters. The fourth-order valence-corrected chi connectivity index (χ4v) is 2.58. The lowest BCUT2D eigenvalue weighted by Gasteiger charge is -2.17. The van der Waals surface area contributed by atoms with Crippen LogP contribution in [0.2, 0.25) is 5.02 Å². The van der Waals surface area contributed by atoms with Gasteiger partial charge >= 0.3 is 0 Å². The van der Waals surface area contributed by atoms with Crippen molar-refractivity contribution < 1.29 is 9.53 Å². The Hall–Kier alpha value is -1.26. The van der Waals surface area contributed by atoms with Gasteiger partial charge in [0.25, 0.3) is 5.91 Å². The van der Waals surface area contributed by atoms with Crippen LogP contribution in [0.15, 0.2) is 18.2 Å². The van der Waals surface area contributed by atoms with Gasteiger partial charge in [-0.15, -0.1) is 0 Å². The maximum Gasteiger partial charge on any atom is 0.260 e. The second kappa shape index (κ2) is 6.95. The van der Waals surface area contributed by atoms with E-state index in [9.17, 15) is 4.79 Å². The third-order valence-electron chi connectivity index (χ3n) is 3.62. The van der Waals surface area contributed by atoms with Crippen molar-refractivity contribution in [3.05, 3.63) is 28.8 Å². The zero-order chi connectivity index (χ0) is 14.5. The minimum absolute atomic E-state index is 0.0520. The number of nitrogens with zero attached hydrogens (tertiary/aromatic N) is 1. The highest BCUT2D eigenvalue weighted by Gasteiger charge is 2.25. The van der Waals surface area contributed by atoms with Crippen molar-refractivity contribution in [1.29, 1.82) is 0 Å². The molecule has 1 N–H and O–H groups in total. The summed E-state index contributed by atoms with van der Waals surface area (Å²) < 4.78 is 5.55. The summed E-state index contributed by atoms with van der Waals surface area (Å²) >= 11 is 5.96. The van der Waals surface area contributed by atoms with E-state index in [4.69, 9.17) is 16.3 Å². The lowest BCUT2D eigenvalue weighted by molar-refractivity contribution is -0.132. The van der Waals surface area contributed by atoms with Gasteiger partial charge in [-0.25, -0.2) is 0 Å². The molecule has 0 bridgehead atoms. The van der Waals surface area contributed by atoms with E-state index in [1.807, 2.05) is 24.9 Å². The third-order valence-corrected chi connectivity index (χ3v) is 4.05. The normalized spacial score (nSPS) is 18.4. The summed E-state index contributed by atoms with van der Waals surface area (Å²) in [5.74, 6) is 1.30. The van der Waals surface area contributed by atoms with Crippen molar-refractivity contribution in [1.82, 2.24) is 10.2 Å². The molecule has 1 aliphatic heterocycles. The van der Waals surface area contributed by atoms with Crippen LogP contribution < -0.4 is 10.1 Å². The van der Waals surface area contributed by atoms with Gasteiger partial charge in [0.15, 0.2) is 6.61 Å². The van der Waals surface area contributed by atoms with Gasteiger partial charge in [0.05, 0.1) is 0 Å². The Bertz CT molecular complexity index is 479. The van der Waals surface area contributed by atoms with Crippen LogP contribution in [0.5, 0.6) is 5.75 Å². The van der Waals surface area contributed by atoms with Crippen LogP contribution in [-0.4, -0.2) is 44.1 Å². The first-order chi connectivity index (χ1) is 9.60. The molecule has 1 heterocycles. The van der Waals surface area contributed by atoms with Crippen molar-refractivity contribution in [2.24, 2.45) is 5.92 Å². The second-order valence-electron chi connectivity index (χ2n) is 5.25. The van der Waals surface area contributed by atoms with E-state index in [1.165, 1.54) is 0 Å². The van der Waals surface area contributed by atoms with Gasteiger partial charge in [-0.05, 0) is 56.6 Å². The molecular weight excluding hydrogens is 276 g/mol. The Labute approximate surface area is 125 Å². The molecule has 1 aliphatic rings. The number of nitrogens with one attached hydrogen (secondary N) is 1. The summed E-state index contributed by atoms with van der Waals surface area (Å²) in [6.45, 7) is 4.62. The summed E-state index contributed by atoms with van der Waals surface area (Å²) in [6, 6.07) is 5.43. The monoisotopic (exact) mass is 296 g/mol. The molecule has 5 heteroatoms. The molecule has 1 unspecified atom stereocenters. The van der Waals surface area contributed by atoms with E-state index in [0.29, 0.717) is 16.7 Å². The first-order valence-electron chi connectivity index (χ1n) is 6.91. The quantitative estimate of drug-likeness (QED) is 0.905. The van der Waals surface area contributed by atoms with E-state index in [2.05, 4.69) is 5.32 Å². The highest BCUT2D eigenvalue weighted by molar-refractivity contribution is 6.31. The summed E-state index contributed by atoms with van der Waals surface area (Å²) in [5.41, 5.74) is 0.951. The van der Waals surface area contributed by atoms with E-state index < -0.39 is 0 Å². The summed E-state index contributed by atoms with van der Waals surface area (Å²) in [7, 11) is 1.94. The van der Waals surface area contributed by atoms with Gasteiger partial charge in [-0.3, -0.25) is 4.79 Å². The Morgan fingerprint density at radius 1 is 1.55 bits per heavy atom. The Kier molecular flexibility index (Phi) is 5.26. The number of benzene rings is 1. The molecule has 1 amide bonds. The van der Waals surface area contributed by atoms with Crippen LogP contribution in [0.3, 0.4) is 0 Å². The lowest BCUT2D eigenvalue weighted by Crippen LogP contribution is -2.34. The predicted octanol–water partition coefficient (Wildman–Crippen LogP) is 2.10. The Morgan fingerprint density at radius 3 is 3.05 bits per heavy atom. The smallest absolute Gasteiger partial charge is 0.260 e. The average Bonchev–Trinajstić information content (AvgIpc) is 2.89. The standard InChI is InChI=1S/C15H21ClN2O2/c1-11-7-13(3-4-14(11)16)20-10-15(19)18-6-5-12(9-18)8-17-2/h3-4,7,12,17H,5-6,8-10H2,1-2H3. The third kappa shape index (κ3) is 3.87. The van der Waals surface area contributed by atoms with Crippen molar-refractivity contribution in [3.8, 4) is 5.75 Å². The van der Waals surface area contributed by atoms with Crippen LogP contribution in [0, 0.1) is 12.8 Å². The fraction of sp³-hybridized carbons (Fsp3) is 0.533. The number of rotatable bonds is 5. The molecule has 0 saturated carbocycles. The van der Waals surface area contributed by atoms with E-state index in [0.717, 1.165) is 31.6 Å². The zero-order valence-corrected chi connectivity index (χ0v) is 12.7. The SMILES string of the molecule is CNCC1CCN(C(=O)COc2ccc(Cl)c(C)c2)C1. The number of ether oxygens (including phenoxy) is 1. The van der Waals surface area contributed by atoms with Gasteiger partial charge in [-0.2, -0.15) is 0 Å². The minimum Gasteiger partial charge on any atom is -0.484 e. The number of likely N-dealkylation sites (tertiary alicyclic amines) is 1. The highest BCUT2D eigenvalue weighted by Crippen LogP contribution is 2.21. The van der Waals surface area contributed by atoms with Crippen LogP contribution in [-0.2, 0) is 4.79 Å².